The van der Waals surface area contributed by atoms with Crippen LogP contribution in [0.5, 0.6) is 0 Å². The number of benzene rings is 1. The molecule has 134 valence electrons. The average Bonchev–Trinajstić information content (AvgIpc) is 3.24. The Bertz CT molecular complexity index is 975. The van der Waals surface area contributed by atoms with Gasteiger partial charge in [0, 0.05) is 29.6 Å². The standard InChI is InChI=1S/C20H19BrN2O3/c1-3-10-23-15(20(24)25-2)11-13-12-6-4-5-7-14(12)22-18(13)19(23)16-8-9-17(21)26-16/h3-9,15,19,22H,1,10-11H2,2H3/t15-,19-/m0/s1. The van der Waals surface area contributed by atoms with Gasteiger partial charge in [-0.25, -0.2) is 0 Å². The molecule has 2 aromatic heterocycles. The molecule has 6 heteroatoms. The minimum absolute atomic E-state index is 0.223. The molecule has 0 fully saturated rings. The molecule has 0 saturated carbocycles. The number of H-pyrrole nitrogens is 1. The van der Waals surface area contributed by atoms with Crippen LogP contribution < -0.4 is 0 Å². The predicted molar refractivity (Wildman–Crippen MR) is 103 cm³/mol. The van der Waals surface area contributed by atoms with Crippen molar-refractivity contribution < 1.29 is 13.9 Å². The van der Waals surface area contributed by atoms with Crippen LogP contribution in [0.2, 0.25) is 0 Å². The number of furan rings is 1. The number of carbonyl (C=O) groups is 1. The van der Waals surface area contributed by atoms with E-state index in [9.17, 15) is 4.79 Å². The number of aromatic amines is 1. The van der Waals surface area contributed by atoms with Gasteiger partial charge < -0.3 is 14.1 Å². The van der Waals surface area contributed by atoms with Gasteiger partial charge in [0.25, 0.3) is 0 Å². The molecule has 5 nitrogen and oxygen atoms in total. The highest BCUT2D eigenvalue weighted by molar-refractivity contribution is 9.10. The number of halogens is 1. The zero-order chi connectivity index (χ0) is 18.3. The van der Waals surface area contributed by atoms with Crippen molar-refractivity contribution in [2.75, 3.05) is 13.7 Å². The maximum absolute atomic E-state index is 12.6. The Kier molecular flexibility index (Phi) is 4.46. The van der Waals surface area contributed by atoms with Gasteiger partial charge in [-0.05, 0) is 39.7 Å². The van der Waals surface area contributed by atoms with Gasteiger partial charge >= 0.3 is 5.97 Å². The number of nitrogens with zero attached hydrogens (tertiary/aromatic N) is 1. The number of para-hydroxylation sites is 1. The van der Waals surface area contributed by atoms with Crippen molar-refractivity contribution in [2.45, 2.75) is 18.5 Å². The van der Waals surface area contributed by atoms with E-state index in [-0.39, 0.29) is 12.0 Å². The molecule has 4 rings (SSSR count). The number of aromatic nitrogens is 1. The molecule has 26 heavy (non-hydrogen) atoms. The molecule has 0 radical (unpaired) electrons. The average molecular weight is 415 g/mol. The molecule has 0 amide bonds. The summed E-state index contributed by atoms with van der Waals surface area (Å²) in [5.41, 5.74) is 3.24. The molecule has 1 N–H and O–H groups in total. The molecule has 0 spiro atoms. The van der Waals surface area contributed by atoms with Crippen molar-refractivity contribution >= 4 is 32.8 Å². The van der Waals surface area contributed by atoms with E-state index >= 15 is 0 Å². The number of fused-ring (bicyclic) bond motifs is 3. The van der Waals surface area contributed by atoms with E-state index in [0.29, 0.717) is 17.6 Å². The Hall–Kier alpha value is -2.31. The van der Waals surface area contributed by atoms with Crippen LogP contribution in [0, 0.1) is 0 Å². The van der Waals surface area contributed by atoms with Crippen molar-refractivity contribution in [3.63, 3.8) is 0 Å². The Labute approximate surface area is 159 Å². The maximum atomic E-state index is 12.6. The lowest BCUT2D eigenvalue weighted by molar-refractivity contribution is -0.148. The molecule has 1 aromatic carbocycles. The number of ether oxygens (including phenoxy) is 1. The third-order valence-corrected chi connectivity index (χ3v) is 5.35. The molecule has 0 unspecified atom stereocenters. The molecule has 2 atom stereocenters. The van der Waals surface area contributed by atoms with E-state index in [2.05, 4.69) is 38.5 Å². The summed E-state index contributed by atoms with van der Waals surface area (Å²) < 4.78 is 11.6. The number of esters is 1. The van der Waals surface area contributed by atoms with Gasteiger partial charge in [0.2, 0.25) is 0 Å². The highest BCUT2D eigenvalue weighted by Gasteiger charge is 2.42. The molecule has 3 aromatic rings. The van der Waals surface area contributed by atoms with E-state index in [4.69, 9.17) is 9.15 Å². The zero-order valence-electron chi connectivity index (χ0n) is 14.4. The van der Waals surface area contributed by atoms with Crippen LogP contribution in [0.1, 0.15) is 23.1 Å². The third kappa shape index (κ3) is 2.70. The molecule has 1 aliphatic rings. The lowest BCUT2D eigenvalue weighted by atomic mass is 9.90. The van der Waals surface area contributed by atoms with Crippen LogP contribution in [0.15, 0.2) is 58.1 Å². The maximum Gasteiger partial charge on any atom is 0.323 e. The second-order valence-electron chi connectivity index (χ2n) is 6.34. The number of nitrogens with one attached hydrogen (secondary N) is 1. The second kappa shape index (κ2) is 6.78. The number of hydrogen-bond acceptors (Lipinski definition) is 4. The minimum Gasteiger partial charge on any atom is -0.468 e. The summed E-state index contributed by atoms with van der Waals surface area (Å²) >= 11 is 3.38. The van der Waals surface area contributed by atoms with E-state index in [1.165, 1.54) is 7.11 Å². The SMILES string of the molecule is C=CCN1[C@@H](c2ccc(Br)o2)c2[nH]c3ccccc3c2C[C@H]1C(=O)OC. The van der Waals surface area contributed by atoms with Crippen molar-refractivity contribution in [3.05, 3.63) is 70.7 Å². The number of methoxy groups -OCH3 is 1. The lowest BCUT2D eigenvalue weighted by Gasteiger charge is -2.39. The van der Waals surface area contributed by atoms with Crippen LogP contribution in [0.25, 0.3) is 10.9 Å². The first-order valence-electron chi connectivity index (χ1n) is 8.43. The normalized spacial score (nSPS) is 20.1. The summed E-state index contributed by atoms with van der Waals surface area (Å²) in [6.07, 6.45) is 2.38. The van der Waals surface area contributed by atoms with Gasteiger partial charge in [0.1, 0.15) is 17.8 Å². The smallest absolute Gasteiger partial charge is 0.323 e. The molecular weight excluding hydrogens is 396 g/mol. The highest BCUT2D eigenvalue weighted by atomic mass is 79.9. The molecule has 3 heterocycles. The largest absolute Gasteiger partial charge is 0.468 e. The van der Waals surface area contributed by atoms with Crippen LogP contribution in [-0.2, 0) is 16.0 Å². The zero-order valence-corrected chi connectivity index (χ0v) is 16.0. The van der Waals surface area contributed by atoms with Crippen LogP contribution in [0.4, 0.5) is 0 Å². The Morgan fingerprint density at radius 1 is 1.42 bits per heavy atom. The van der Waals surface area contributed by atoms with Crippen LogP contribution in [-0.4, -0.2) is 35.5 Å². The first-order valence-corrected chi connectivity index (χ1v) is 9.22. The van der Waals surface area contributed by atoms with Crippen LogP contribution >= 0.6 is 15.9 Å². The molecule has 0 bridgehead atoms. The van der Waals surface area contributed by atoms with Gasteiger partial charge in [0.15, 0.2) is 4.67 Å². The van der Waals surface area contributed by atoms with E-state index < -0.39 is 6.04 Å². The van der Waals surface area contributed by atoms with E-state index in [1.54, 1.807) is 6.08 Å². The summed E-state index contributed by atoms with van der Waals surface area (Å²) in [5.74, 6) is 0.513. The summed E-state index contributed by atoms with van der Waals surface area (Å²) in [5, 5.41) is 1.13. The summed E-state index contributed by atoms with van der Waals surface area (Å²) in [6, 6.07) is 11.3. The summed E-state index contributed by atoms with van der Waals surface area (Å²) in [6.45, 7) is 4.40. The van der Waals surface area contributed by atoms with E-state index in [1.807, 2.05) is 30.3 Å². The fourth-order valence-electron chi connectivity index (χ4n) is 3.85. The number of rotatable bonds is 4. The molecular formula is C20H19BrN2O3. The van der Waals surface area contributed by atoms with Crippen molar-refractivity contribution in [1.29, 1.82) is 0 Å². The van der Waals surface area contributed by atoms with Gasteiger partial charge in [0.05, 0.1) is 7.11 Å². The van der Waals surface area contributed by atoms with Crippen molar-refractivity contribution in [1.82, 2.24) is 9.88 Å². The van der Waals surface area contributed by atoms with Crippen molar-refractivity contribution in [3.8, 4) is 0 Å². The highest BCUT2D eigenvalue weighted by Crippen LogP contribution is 2.41. The second-order valence-corrected chi connectivity index (χ2v) is 7.12. The quantitative estimate of drug-likeness (QED) is 0.513. The van der Waals surface area contributed by atoms with Crippen molar-refractivity contribution in [2.24, 2.45) is 0 Å². The first kappa shape index (κ1) is 17.1. The summed E-state index contributed by atoms with van der Waals surface area (Å²) in [4.78, 5) is 18.2. The predicted octanol–water partition coefficient (Wildman–Crippen LogP) is 4.20. The summed E-state index contributed by atoms with van der Waals surface area (Å²) in [7, 11) is 1.43. The number of hydrogen-bond donors (Lipinski definition) is 1. The Balaban J connectivity index is 1.95. The van der Waals surface area contributed by atoms with Gasteiger partial charge in [-0.3, -0.25) is 9.69 Å². The number of carbonyl (C=O) groups excluding carboxylic acids is 1. The fourth-order valence-corrected chi connectivity index (χ4v) is 4.17. The molecule has 0 aliphatic carbocycles. The Morgan fingerprint density at radius 3 is 2.92 bits per heavy atom. The van der Waals surface area contributed by atoms with Gasteiger partial charge in [-0.2, -0.15) is 0 Å². The minimum atomic E-state index is -0.404. The first-order chi connectivity index (χ1) is 12.6. The van der Waals surface area contributed by atoms with Crippen LogP contribution in [0.3, 0.4) is 0 Å². The fraction of sp³-hybridized carbons (Fsp3) is 0.250. The monoisotopic (exact) mass is 414 g/mol. The topological polar surface area (TPSA) is 58.5 Å². The lowest BCUT2D eigenvalue weighted by Crippen LogP contribution is -2.49. The molecule has 0 saturated heterocycles. The third-order valence-electron chi connectivity index (χ3n) is 4.93. The van der Waals surface area contributed by atoms with Gasteiger partial charge in [-0.15, -0.1) is 6.58 Å². The van der Waals surface area contributed by atoms with Gasteiger partial charge in [-0.1, -0.05) is 24.3 Å². The van der Waals surface area contributed by atoms with E-state index in [0.717, 1.165) is 27.9 Å². The molecule has 1 aliphatic heterocycles. The Morgan fingerprint density at radius 2 is 2.23 bits per heavy atom.